The van der Waals surface area contributed by atoms with Crippen LogP contribution in [-0.2, 0) is 13.1 Å². The SMILES string of the molecule is COc1ccc(CN(Cc2ccc(OC)cc2)C(=S)Nc2ccc(C)cc2OC)cc1. The first kappa shape index (κ1) is 22.4. The molecule has 0 radical (unpaired) electrons. The summed E-state index contributed by atoms with van der Waals surface area (Å²) in [6.45, 7) is 3.33. The first-order valence-corrected chi connectivity index (χ1v) is 10.4. The van der Waals surface area contributed by atoms with Crippen molar-refractivity contribution in [3.63, 3.8) is 0 Å². The first-order valence-electron chi connectivity index (χ1n) is 9.99. The molecule has 31 heavy (non-hydrogen) atoms. The highest BCUT2D eigenvalue weighted by atomic mass is 32.1. The number of hydrogen-bond donors (Lipinski definition) is 1. The molecular formula is C25H28N2O3S. The summed E-state index contributed by atoms with van der Waals surface area (Å²) in [6.07, 6.45) is 0. The van der Waals surface area contributed by atoms with Crippen molar-refractivity contribution in [1.82, 2.24) is 4.90 Å². The molecule has 0 unspecified atom stereocenters. The minimum Gasteiger partial charge on any atom is -0.497 e. The maximum atomic E-state index is 5.80. The van der Waals surface area contributed by atoms with Gasteiger partial charge in [0.1, 0.15) is 17.2 Å². The molecule has 3 rings (SSSR count). The van der Waals surface area contributed by atoms with E-state index in [0.717, 1.165) is 39.6 Å². The molecule has 1 N–H and O–H groups in total. The Morgan fingerprint density at radius 1 is 0.774 bits per heavy atom. The van der Waals surface area contributed by atoms with Crippen LogP contribution < -0.4 is 19.5 Å². The van der Waals surface area contributed by atoms with E-state index in [0.29, 0.717) is 18.2 Å². The number of nitrogens with one attached hydrogen (secondary N) is 1. The molecule has 6 heteroatoms. The van der Waals surface area contributed by atoms with Gasteiger partial charge in [-0.1, -0.05) is 30.3 Å². The lowest BCUT2D eigenvalue weighted by molar-refractivity contribution is 0.403. The van der Waals surface area contributed by atoms with E-state index < -0.39 is 0 Å². The van der Waals surface area contributed by atoms with Crippen molar-refractivity contribution in [2.45, 2.75) is 20.0 Å². The molecule has 0 saturated carbocycles. The normalized spacial score (nSPS) is 10.3. The molecule has 0 amide bonds. The summed E-state index contributed by atoms with van der Waals surface area (Å²) in [5, 5.41) is 3.98. The summed E-state index contributed by atoms with van der Waals surface area (Å²) in [4.78, 5) is 2.12. The van der Waals surface area contributed by atoms with E-state index in [1.807, 2.05) is 49.4 Å². The van der Waals surface area contributed by atoms with Crippen LogP contribution >= 0.6 is 12.2 Å². The lowest BCUT2D eigenvalue weighted by Gasteiger charge is -2.27. The molecule has 3 aromatic rings. The summed E-state index contributed by atoms with van der Waals surface area (Å²) in [5.41, 5.74) is 4.23. The number of thiocarbonyl (C=S) groups is 1. The smallest absolute Gasteiger partial charge is 0.174 e. The van der Waals surface area contributed by atoms with Crippen molar-refractivity contribution < 1.29 is 14.2 Å². The number of rotatable bonds is 8. The van der Waals surface area contributed by atoms with Crippen LogP contribution in [0.3, 0.4) is 0 Å². The third-order valence-electron chi connectivity index (χ3n) is 4.95. The average molecular weight is 437 g/mol. The van der Waals surface area contributed by atoms with Crippen molar-refractivity contribution in [3.05, 3.63) is 83.4 Å². The largest absolute Gasteiger partial charge is 0.497 e. The summed E-state index contributed by atoms with van der Waals surface area (Å²) < 4.78 is 16.1. The second kappa shape index (κ2) is 10.7. The third kappa shape index (κ3) is 6.12. The number of ether oxygens (including phenoxy) is 3. The van der Waals surface area contributed by atoms with Crippen LogP contribution in [0.15, 0.2) is 66.7 Å². The highest BCUT2D eigenvalue weighted by Crippen LogP contribution is 2.26. The Balaban J connectivity index is 1.83. The topological polar surface area (TPSA) is 43.0 Å². The highest BCUT2D eigenvalue weighted by molar-refractivity contribution is 7.80. The van der Waals surface area contributed by atoms with Crippen molar-refractivity contribution in [3.8, 4) is 17.2 Å². The van der Waals surface area contributed by atoms with Crippen LogP contribution in [0.4, 0.5) is 5.69 Å². The molecule has 0 bridgehead atoms. The second-order valence-electron chi connectivity index (χ2n) is 7.19. The van der Waals surface area contributed by atoms with E-state index in [4.69, 9.17) is 26.4 Å². The van der Waals surface area contributed by atoms with Gasteiger partial charge in [0.2, 0.25) is 0 Å². The van der Waals surface area contributed by atoms with Crippen LogP contribution in [-0.4, -0.2) is 31.3 Å². The zero-order chi connectivity index (χ0) is 22.2. The predicted octanol–water partition coefficient (Wildman–Crippen LogP) is 5.42. The second-order valence-corrected chi connectivity index (χ2v) is 7.57. The Kier molecular flexibility index (Phi) is 7.73. The number of aryl methyl sites for hydroxylation is 1. The van der Waals surface area contributed by atoms with Gasteiger partial charge >= 0.3 is 0 Å². The molecule has 0 heterocycles. The number of anilines is 1. The molecule has 162 valence electrons. The van der Waals surface area contributed by atoms with Gasteiger partial charge < -0.3 is 24.4 Å². The Hall–Kier alpha value is -3.25. The summed E-state index contributed by atoms with van der Waals surface area (Å²) in [6, 6.07) is 22.0. The van der Waals surface area contributed by atoms with Crippen LogP contribution in [0, 0.1) is 6.92 Å². The standard InChI is InChI=1S/C25H28N2O3S/c1-18-5-14-23(24(15-18)30-4)26-25(31)27(16-19-6-10-21(28-2)11-7-19)17-20-8-12-22(29-3)13-9-20/h5-15H,16-17H2,1-4H3,(H,26,31). The van der Waals surface area contributed by atoms with Crippen molar-refractivity contribution in [2.24, 2.45) is 0 Å². The van der Waals surface area contributed by atoms with Gasteiger partial charge in [0.15, 0.2) is 5.11 Å². The van der Waals surface area contributed by atoms with E-state index in [2.05, 4.69) is 34.5 Å². The van der Waals surface area contributed by atoms with E-state index in [1.165, 1.54) is 0 Å². The predicted molar refractivity (Wildman–Crippen MR) is 129 cm³/mol. The van der Waals surface area contributed by atoms with E-state index in [-0.39, 0.29) is 0 Å². The molecule has 0 aromatic heterocycles. The lowest BCUT2D eigenvalue weighted by Crippen LogP contribution is -2.34. The molecule has 0 atom stereocenters. The molecular weight excluding hydrogens is 408 g/mol. The van der Waals surface area contributed by atoms with Crippen LogP contribution in [0.5, 0.6) is 17.2 Å². The van der Waals surface area contributed by atoms with E-state index in [9.17, 15) is 0 Å². The van der Waals surface area contributed by atoms with Crippen molar-refractivity contribution in [2.75, 3.05) is 26.6 Å². The molecule has 0 aliphatic rings. The van der Waals surface area contributed by atoms with Crippen LogP contribution in [0.1, 0.15) is 16.7 Å². The number of hydrogen-bond acceptors (Lipinski definition) is 4. The minimum atomic E-state index is 0.619. The third-order valence-corrected chi connectivity index (χ3v) is 5.31. The molecule has 0 saturated heterocycles. The fourth-order valence-electron chi connectivity index (χ4n) is 3.20. The molecule has 0 aliphatic heterocycles. The quantitative estimate of drug-likeness (QED) is 0.476. The monoisotopic (exact) mass is 436 g/mol. The highest BCUT2D eigenvalue weighted by Gasteiger charge is 2.14. The first-order chi connectivity index (χ1) is 15.0. The van der Waals surface area contributed by atoms with Crippen LogP contribution in [0.2, 0.25) is 0 Å². The van der Waals surface area contributed by atoms with E-state index in [1.54, 1.807) is 21.3 Å². The fraction of sp³-hybridized carbons (Fsp3) is 0.240. The summed E-state index contributed by atoms with van der Waals surface area (Å²) in [5.74, 6) is 2.42. The van der Waals surface area contributed by atoms with Crippen molar-refractivity contribution >= 4 is 23.0 Å². The van der Waals surface area contributed by atoms with Gasteiger partial charge in [0, 0.05) is 13.1 Å². The Bertz CT molecular complexity index is 955. The zero-order valence-corrected chi connectivity index (χ0v) is 19.2. The van der Waals surface area contributed by atoms with Gasteiger partial charge in [0.05, 0.1) is 27.0 Å². The Labute approximate surface area is 189 Å². The van der Waals surface area contributed by atoms with Gasteiger partial charge in [-0.3, -0.25) is 0 Å². The number of nitrogens with zero attached hydrogens (tertiary/aromatic N) is 1. The summed E-state index contributed by atoms with van der Waals surface area (Å²) in [7, 11) is 4.99. The van der Waals surface area contributed by atoms with E-state index >= 15 is 0 Å². The molecule has 3 aromatic carbocycles. The Morgan fingerprint density at radius 2 is 1.29 bits per heavy atom. The molecule has 5 nitrogen and oxygen atoms in total. The Morgan fingerprint density at radius 3 is 1.74 bits per heavy atom. The molecule has 0 spiro atoms. The fourth-order valence-corrected chi connectivity index (χ4v) is 3.44. The minimum absolute atomic E-state index is 0.619. The average Bonchev–Trinajstić information content (AvgIpc) is 2.80. The number of methoxy groups -OCH3 is 3. The van der Waals surface area contributed by atoms with Gasteiger partial charge in [0.25, 0.3) is 0 Å². The summed E-state index contributed by atoms with van der Waals surface area (Å²) >= 11 is 5.80. The van der Waals surface area contributed by atoms with Gasteiger partial charge in [-0.05, 0) is 72.2 Å². The zero-order valence-electron chi connectivity index (χ0n) is 18.3. The molecule has 0 fully saturated rings. The van der Waals surface area contributed by atoms with Gasteiger partial charge in [-0.2, -0.15) is 0 Å². The maximum absolute atomic E-state index is 5.80. The maximum Gasteiger partial charge on any atom is 0.174 e. The number of benzene rings is 3. The van der Waals surface area contributed by atoms with Crippen LogP contribution in [0.25, 0.3) is 0 Å². The van der Waals surface area contributed by atoms with Gasteiger partial charge in [-0.25, -0.2) is 0 Å². The molecule has 0 aliphatic carbocycles. The van der Waals surface area contributed by atoms with Crippen molar-refractivity contribution in [1.29, 1.82) is 0 Å². The van der Waals surface area contributed by atoms with Gasteiger partial charge in [-0.15, -0.1) is 0 Å². The lowest BCUT2D eigenvalue weighted by atomic mass is 10.1.